The first-order chi connectivity index (χ1) is 18.2. The number of fused-ring (bicyclic) bond motifs is 2. The van der Waals surface area contributed by atoms with Gasteiger partial charge in [0.25, 0.3) is 0 Å². The second kappa shape index (κ2) is 13.6. The number of benzene rings is 2. The van der Waals surface area contributed by atoms with Crippen molar-refractivity contribution in [2.45, 2.75) is 64.0 Å². The van der Waals surface area contributed by atoms with Gasteiger partial charge in [-0.05, 0) is 80.6 Å². The maximum atomic E-state index is 14.0. The highest BCUT2D eigenvalue weighted by molar-refractivity contribution is 5.85. The van der Waals surface area contributed by atoms with Crippen molar-refractivity contribution in [2.75, 3.05) is 33.9 Å². The number of unbranched alkanes of at least 4 members (excludes halogenated alkanes) is 1. The summed E-state index contributed by atoms with van der Waals surface area (Å²) in [6.45, 7) is 6.47. The van der Waals surface area contributed by atoms with E-state index in [1.165, 1.54) is 13.2 Å². The summed E-state index contributed by atoms with van der Waals surface area (Å²) in [4.78, 5) is 30.2. The maximum absolute atomic E-state index is 14.0. The third kappa shape index (κ3) is 7.10. The molecule has 214 valence electrons. The number of rotatable bonds is 12. The van der Waals surface area contributed by atoms with Gasteiger partial charge in [0.2, 0.25) is 0 Å². The normalized spacial score (nSPS) is 18.8. The lowest BCUT2D eigenvalue weighted by Gasteiger charge is -2.47. The van der Waals surface area contributed by atoms with Gasteiger partial charge in [-0.3, -0.25) is 4.57 Å². The molecule has 1 aliphatic carbocycles. The highest BCUT2D eigenvalue weighted by Gasteiger charge is 2.47. The summed E-state index contributed by atoms with van der Waals surface area (Å²) in [5, 5.41) is 0. The number of H-pyrrole nitrogens is 1. The fourth-order valence-corrected chi connectivity index (χ4v) is 6.14. The van der Waals surface area contributed by atoms with Gasteiger partial charge in [0.05, 0.1) is 11.0 Å². The Labute approximate surface area is 236 Å². The molecule has 1 N–H and O–H groups in total. The molecule has 9 heteroatoms. The third-order valence-electron chi connectivity index (χ3n) is 7.84. The number of nitrogens with one attached hydrogen (secondary N) is 1. The summed E-state index contributed by atoms with van der Waals surface area (Å²) >= 11 is 0. The van der Waals surface area contributed by atoms with E-state index in [0.29, 0.717) is 25.8 Å². The van der Waals surface area contributed by atoms with Gasteiger partial charge in [-0.15, -0.1) is 12.4 Å². The molecule has 0 aliphatic heterocycles. The predicted octanol–water partition coefficient (Wildman–Crippen LogP) is 5.31. The second-order valence-electron chi connectivity index (χ2n) is 10.9. The Morgan fingerprint density at radius 2 is 1.97 bits per heavy atom. The predicted molar refractivity (Wildman–Crippen MR) is 154 cm³/mol. The largest absolute Gasteiger partial charge is 0.457 e. The number of hydrogen-bond donors (Lipinski definition) is 1. The van der Waals surface area contributed by atoms with Crippen molar-refractivity contribution < 1.29 is 18.7 Å². The lowest BCUT2D eigenvalue weighted by Crippen LogP contribution is -2.49. The van der Waals surface area contributed by atoms with Crippen molar-refractivity contribution in [3.63, 3.8) is 0 Å². The van der Waals surface area contributed by atoms with E-state index in [2.05, 4.69) is 30.8 Å². The van der Waals surface area contributed by atoms with E-state index in [0.717, 1.165) is 48.1 Å². The zero-order valence-corrected chi connectivity index (χ0v) is 24.2. The molecule has 0 amide bonds. The SMILES string of the molecule is COCC(=O)O[C@]1(CCN(C)CCCCn2c(=O)[nH]c3ccccc32)CCc2cc(F)ccc2[C@@H]1C(C)C.Cl. The first kappa shape index (κ1) is 30.9. The van der Waals surface area contributed by atoms with Gasteiger partial charge >= 0.3 is 11.7 Å². The topological polar surface area (TPSA) is 76.6 Å². The van der Waals surface area contributed by atoms with E-state index in [1.807, 2.05) is 30.3 Å². The van der Waals surface area contributed by atoms with Crippen LogP contribution in [0.2, 0.25) is 0 Å². The van der Waals surface area contributed by atoms with Crippen molar-refractivity contribution in [2.24, 2.45) is 5.92 Å². The van der Waals surface area contributed by atoms with Crippen LogP contribution in [0.15, 0.2) is 47.3 Å². The fraction of sp³-hybridized carbons (Fsp3) is 0.533. The van der Waals surface area contributed by atoms with Gasteiger partial charge in [-0.25, -0.2) is 14.0 Å². The Kier molecular flexibility index (Phi) is 10.8. The number of ether oxygens (including phenoxy) is 2. The van der Waals surface area contributed by atoms with Gasteiger partial charge in [0, 0.05) is 32.5 Å². The number of halogens is 2. The molecule has 7 nitrogen and oxygen atoms in total. The minimum absolute atomic E-state index is 0. The average molecular weight is 562 g/mol. The Morgan fingerprint density at radius 1 is 1.21 bits per heavy atom. The van der Waals surface area contributed by atoms with E-state index in [-0.39, 0.29) is 48.3 Å². The average Bonchev–Trinajstić information content (AvgIpc) is 3.20. The molecule has 0 unspecified atom stereocenters. The van der Waals surface area contributed by atoms with Crippen LogP contribution in [-0.2, 0) is 27.2 Å². The van der Waals surface area contributed by atoms with Crippen LogP contribution in [0.5, 0.6) is 0 Å². The van der Waals surface area contributed by atoms with Gasteiger partial charge in [0.1, 0.15) is 18.0 Å². The van der Waals surface area contributed by atoms with Gasteiger partial charge in [-0.2, -0.15) is 0 Å². The van der Waals surface area contributed by atoms with Crippen molar-refractivity contribution >= 4 is 29.4 Å². The Balaban J connectivity index is 0.00000420. The number of aryl methyl sites for hydroxylation is 2. The van der Waals surface area contributed by atoms with Crippen LogP contribution in [0.25, 0.3) is 11.0 Å². The Morgan fingerprint density at radius 3 is 2.72 bits per heavy atom. The Hall–Kier alpha value is -2.68. The van der Waals surface area contributed by atoms with E-state index >= 15 is 0 Å². The fourth-order valence-electron chi connectivity index (χ4n) is 6.14. The number of carbonyl (C=O) groups is 1. The number of aromatic amines is 1. The number of esters is 1. The molecular weight excluding hydrogens is 521 g/mol. The molecular formula is C30H41ClFN3O4. The molecule has 0 saturated heterocycles. The smallest absolute Gasteiger partial charge is 0.332 e. The molecule has 0 bridgehead atoms. The third-order valence-corrected chi connectivity index (χ3v) is 7.84. The van der Waals surface area contributed by atoms with Gasteiger partial charge in [0.15, 0.2) is 0 Å². The molecule has 0 fully saturated rings. The van der Waals surface area contributed by atoms with Crippen LogP contribution >= 0.6 is 12.4 Å². The monoisotopic (exact) mass is 561 g/mol. The summed E-state index contributed by atoms with van der Waals surface area (Å²) in [5.41, 5.74) is 3.12. The first-order valence-corrected chi connectivity index (χ1v) is 13.6. The van der Waals surface area contributed by atoms with Crippen LogP contribution < -0.4 is 5.69 Å². The number of aromatic nitrogens is 2. The number of para-hydroxylation sites is 2. The van der Waals surface area contributed by atoms with Gasteiger partial charge < -0.3 is 19.4 Å². The highest BCUT2D eigenvalue weighted by Crippen LogP contribution is 2.48. The van der Waals surface area contributed by atoms with E-state index in [1.54, 1.807) is 10.6 Å². The Bertz CT molecular complexity index is 1310. The lowest BCUT2D eigenvalue weighted by molar-refractivity contribution is -0.172. The zero-order chi connectivity index (χ0) is 27.3. The number of nitrogens with zero attached hydrogens (tertiary/aromatic N) is 2. The van der Waals surface area contributed by atoms with E-state index in [4.69, 9.17) is 9.47 Å². The number of methoxy groups -OCH3 is 1. The molecule has 0 saturated carbocycles. The zero-order valence-electron chi connectivity index (χ0n) is 23.4. The number of carbonyl (C=O) groups excluding carboxylic acids is 1. The van der Waals surface area contributed by atoms with Crippen molar-refractivity contribution in [3.8, 4) is 0 Å². The molecule has 1 aromatic heterocycles. The lowest BCUT2D eigenvalue weighted by atomic mass is 9.65. The molecule has 1 aliphatic rings. The van der Waals surface area contributed by atoms with Crippen molar-refractivity contribution in [3.05, 3.63) is 69.9 Å². The van der Waals surface area contributed by atoms with E-state index in [9.17, 15) is 14.0 Å². The van der Waals surface area contributed by atoms with E-state index < -0.39 is 5.60 Å². The molecule has 1 heterocycles. The maximum Gasteiger partial charge on any atom is 0.332 e. The van der Waals surface area contributed by atoms with Gasteiger partial charge in [-0.1, -0.05) is 32.0 Å². The van der Waals surface area contributed by atoms with Crippen LogP contribution in [-0.4, -0.2) is 59.9 Å². The molecule has 2 aromatic carbocycles. The van der Waals surface area contributed by atoms with Crippen molar-refractivity contribution in [1.82, 2.24) is 14.5 Å². The quantitative estimate of drug-likeness (QED) is 0.240. The summed E-state index contributed by atoms with van der Waals surface area (Å²) in [6.07, 6.45) is 3.82. The van der Waals surface area contributed by atoms with Crippen LogP contribution in [0.3, 0.4) is 0 Å². The molecule has 39 heavy (non-hydrogen) atoms. The molecule has 0 radical (unpaired) electrons. The highest BCUT2D eigenvalue weighted by atomic mass is 35.5. The molecule has 0 spiro atoms. The summed E-state index contributed by atoms with van der Waals surface area (Å²) in [6, 6.07) is 12.7. The number of hydrogen-bond acceptors (Lipinski definition) is 5. The molecule has 4 rings (SSSR count). The van der Waals surface area contributed by atoms with Crippen molar-refractivity contribution in [1.29, 1.82) is 0 Å². The summed E-state index contributed by atoms with van der Waals surface area (Å²) in [7, 11) is 3.57. The summed E-state index contributed by atoms with van der Waals surface area (Å²) < 4.78 is 27.1. The van der Waals surface area contributed by atoms with Crippen LogP contribution in [0, 0.1) is 11.7 Å². The van der Waals surface area contributed by atoms with Crippen LogP contribution in [0.4, 0.5) is 4.39 Å². The summed E-state index contributed by atoms with van der Waals surface area (Å²) in [5.74, 6) is -0.426. The standard InChI is InChI=1S/C30H40FN3O4.ClH/c1-21(2)28-24-12-11-23(31)19-22(24)13-14-30(28,38-27(35)20-37-4)15-18-33(3)16-7-8-17-34-26-10-6-5-9-25(26)32-29(34)36;/h5-6,9-12,19,21,28H,7-8,13-18,20H2,1-4H3,(H,32,36);1H/t28-,30-;/m0./s1. The minimum Gasteiger partial charge on any atom is -0.457 e. The molecule has 2 atom stereocenters. The number of imidazole rings is 1. The van der Waals surface area contributed by atoms with Crippen LogP contribution in [0.1, 0.15) is 56.6 Å². The minimum atomic E-state index is -0.680. The molecule has 3 aromatic rings. The first-order valence-electron chi connectivity index (χ1n) is 13.6. The second-order valence-corrected chi connectivity index (χ2v) is 10.9.